The summed E-state index contributed by atoms with van der Waals surface area (Å²) in [5.41, 5.74) is 2.13. The van der Waals surface area contributed by atoms with E-state index in [1.165, 1.54) is 40.0 Å². The van der Waals surface area contributed by atoms with Gasteiger partial charge in [-0.3, -0.25) is 39.0 Å². The van der Waals surface area contributed by atoms with Crippen molar-refractivity contribution in [3.63, 3.8) is 0 Å². The molecule has 5 amide bonds. The first-order valence-corrected chi connectivity index (χ1v) is 22.8. The Hall–Kier alpha value is -7.88. The minimum absolute atomic E-state index is 0.00621. The number of halogens is 3. The smallest absolute Gasteiger partial charge is 0.487 e. The molecule has 22 heteroatoms. The third-order valence-corrected chi connectivity index (χ3v) is 11.9. The lowest BCUT2D eigenvalue weighted by Crippen LogP contribution is -2.52. The molecule has 1 atom stereocenters. The Balaban J connectivity index is 0.807. The van der Waals surface area contributed by atoms with Gasteiger partial charge in [0.05, 0.1) is 40.6 Å². The Morgan fingerprint density at radius 2 is 1.71 bits per heavy atom. The van der Waals surface area contributed by atoms with E-state index in [0.717, 1.165) is 31.0 Å². The first-order chi connectivity index (χ1) is 32.7. The molecule has 1 saturated heterocycles. The standard InChI is InChI=1S/C46H40F3N9O9S/c47-36-16-25(31-19-33-38(20-37(31)48)51-21-34(44(61)53-27-9-10-27)42(33)52-26-6-2-1-3-7-26)8-11-30(36)43(60)50-14-4-5-15-57-22-28(55-56-57)24-66-40-18-29(67-68(49,64)65)17-32-35(40)23-58(46(32)63)39-12-13-41(59)54-45(39)62/h1-3,6-8,11,16-22,27,39H,4-5,9-10,12-15,23-24H2,(H,50,60)(H,51,52)(H,53,61)(H,54,59,62). The van der Waals surface area contributed by atoms with Crippen LogP contribution in [0.2, 0.25) is 0 Å². The molecule has 2 fully saturated rings. The number of rotatable bonds is 17. The molecule has 1 unspecified atom stereocenters. The van der Waals surface area contributed by atoms with Gasteiger partial charge in [0.15, 0.2) is 0 Å². The highest BCUT2D eigenvalue weighted by atomic mass is 32.3. The van der Waals surface area contributed by atoms with E-state index >= 15 is 8.78 Å². The molecular formula is C46H40F3N9O9S. The number of nitrogens with zero attached hydrogens (tertiary/aromatic N) is 5. The molecule has 1 aliphatic carbocycles. The van der Waals surface area contributed by atoms with E-state index in [4.69, 9.17) is 4.74 Å². The summed E-state index contributed by atoms with van der Waals surface area (Å²) >= 11 is 0. The van der Waals surface area contributed by atoms with E-state index in [2.05, 4.69) is 40.7 Å². The number of pyridine rings is 1. The largest absolute Gasteiger partial charge is 0.488 e. The van der Waals surface area contributed by atoms with Gasteiger partial charge < -0.3 is 29.8 Å². The SMILES string of the molecule is O=C1CCC(N2Cc3c(OCc4cn(CCCCNC(=O)c5ccc(-c6cc7c(Nc8ccccc8)c(C(=O)NC8CC8)cnc7cc6F)cc5F)nn4)cc(OS(=O)(=O)F)cc3C2=O)C(=O)N1. The van der Waals surface area contributed by atoms with Crippen LogP contribution >= 0.6 is 0 Å². The molecule has 0 radical (unpaired) electrons. The van der Waals surface area contributed by atoms with Gasteiger partial charge in [-0.25, -0.2) is 8.78 Å². The highest BCUT2D eigenvalue weighted by molar-refractivity contribution is 7.81. The molecule has 6 aromatic rings. The molecule has 9 rings (SSSR count). The number of amides is 5. The van der Waals surface area contributed by atoms with Gasteiger partial charge in [0.1, 0.15) is 41.5 Å². The average molecular weight is 952 g/mol. The van der Waals surface area contributed by atoms with E-state index in [9.17, 15) is 36.3 Å². The van der Waals surface area contributed by atoms with Crippen molar-refractivity contribution < 1.29 is 54.0 Å². The summed E-state index contributed by atoms with van der Waals surface area (Å²) in [7, 11) is -5.48. The molecule has 68 heavy (non-hydrogen) atoms. The van der Waals surface area contributed by atoms with Crippen LogP contribution in [0, 0.1) is 11.6 Å². The van der Waals surface area contributed by atoms with Crippen LogP contribution in [-0.4, -0.2) is 81.5 Å². The minimum atomic E-state index is -5.48. The number of benzene rings is 4. The third-order valence-electron chi connectivity index (χ3n) is 11.5. The number of fused-ring (bicyclic) bond motifs is 2. The van der Waals surface area contributed by atoms with Crippen LogP contribution in [0.15, 0.2) is 85.2 Å². The van der Waals surface area contributed by atoms with Gasteiger partial charge in [0.25, 0.3) is 17.7 Å². The molecule has 3 aliphatic rings. The Labute approximate surface area is 385 Å². The topological polar surface area (TPSA) is 233 Å². The molecule has 350 valence electrons. The number of piperidine rings is 1. The number of carbonyl (C=O) groups excluding carboxylic acids is 5. The molecule has 0 bridgehead atoms. The summed E-state index contributed by atoms with van der Waals surface area (Å²) in [6.45, 7) is 0.193. The number of hydrogen-bond donors (Lipinski definition) is 4. The first kappa shape index (κ1) is 45.3. The predicted octanol–water partition coefficient (Wildman–Crippen LogP) is 5.55. The lowest BCUT2D eigenvalue weighted by molar-refractivity contribution is -0.136. The Morgan fingerprint density at radius 1 is 0.897 bits per heavy atom. The molecule has 4 aromatic carbocycles. The zero-order chi connectivity index (χ0) is 47.7. The second-order valence-corrected chi connectivity index (χ2v) is 17.3. The molecule has 1 saturated carbocycles. The van der Waals surface area contributed by atoms with Gasteiger partial charge in [-0.2, -0.15) is 8.42 Å². The lowest BCUT2D eigenvalue weighted by Gasteiger charge is -2.29. The van der Waals surface area contributed by atoms with Crippen LogP contribution in [0.3, 0.4) is 0 Å². The quantitative estimate of drug-likeness (QED) is 0.0500. The minimum Gasteiger partial charge on any atom is -0.487 e. The van der Waals surface area contributed by atoms with E-state index in [1.807, 2.05) is 30.3 Å². The summed E-state index contributed by atoms with van der Waals surface area (Å²) in [6, 6.07) is 16.9. The molecule has 4 N–H and O–H groups in total. The Morgan fingerprint density at radius 3 is 2.46 bits per heavy atom. The number of aromatic nitrogens is 4. The summed E-state index contributed by atoms with van der Waals surface area (Å²) in [4.78, 5) is 69.5. The summed E-state index contributed by atoms with van der Waals surface area (Å²) in [6.07, 6.45) is 5.77. The van der Waals surface area contributed by atoms with Crippen molar-refractivity contribution in [2.24, 2.45) is 0 Å². The van der Waals surface area contributed by atoms with Crippen LogP contribution in [0.25, 0.3) is 22.0 Å². The second-order valence-electron chi connectivity index (χ2n) is 16.4. The van der Waals surface area contributed by atoms with E-state index < -0.39 is 57.6 Å². The van der Waals surface area contributed by atoms with E-state index in [0.29, 0.717) is 41.8 Å². The van der Waals surface area contributed by atoms with Crippen molar-refractivity contribution in [3.05, 3.63) is 125 Å². The predicted molar refractivity (Wildman–Crippen MR) is 236 cm³/mol. The fourth-order valence-corrected chi connectivity index (χ4v) is 8.35. The van der Waals surface area contributed by atoms with Crippen molar-refractivity contribution in [1.82, 2.24) is 40.8 Å². The van der Waals surface area contributed by atoms with Gasteiger partial charge in [0, 0.05) is 66.1 Å². The second kappa shape index (κ2) is 18.8. The monoisotopic (exact) mass is 951 g/mol. The molecule has 18 nitrogen and oxygen atoms in total. The van der Waals surface area contributed by atoms with E-state index in [-0.39, 0.29) is 89.1 Å². The molecule has 4 heterocycles. The number of nitrogens with one attached hydrogen (secondary N) is 4. The van der Waals surface area contributed by atoms with Gasteiger partial charge in [0.2, 0.25) is 11.8 Å². The van der Waals surface area contributed by atoms with Gasteiger partial charge in [-0.1, -0.05) is 33.4 Å². The lowest BCUT2D eigenvalue weighted by atomic mass is 9.98. The van der Waals surface area contributed by atoms with Crippen molar-refractivity contribution in [2.75, 3.05) is 11.9 Å². The highest BCUT2D eigenvalue weighted by Gasteiger charge is 2.41. The van der Waals surface area contributed by atoms with Crippen molar-refractivity contribution in [3.8, 4) is 22.6 Å². The zero-order valence-electron chi connectivity index (χ0n) is 35.8. The number of hydrogen-bond acceptors (Lipinski definition) is 13. The molecule has 2 aromatic heterocycles. The van der Waals surface area contributed by atoms with Crippen LogP contribution in [-0.2, 0) is 39.8 Å². The number of ether oxygens (including phenoxy) is 1. The number of aryl methyl sites for hydroxylation is 1. The van der Waals surface area contributed by atoms with Crippen molar-refractivity contribution in [2.45, 2.75) is 70.3 Å². The van der Waals surface area contributed by atoms with Gasteiger partial charge in [-0.05, 0) is 74.1 Å². The van der Waals surface area contributed by atoms with Crippen molar-refractivity contribution in [1.29, 1.82) is 0 Å². The van der Waals surface area contributed by atoms with Crippen LogP contribution in [0.4, 0.5) is 24.0 Å². The maximum atomic E-state index is 15.6. The first-order valence-electron chi connectivity index (χ1n) is 21.5. The number of anilines is 2. The average Bonchev–Trinajstić information content (AvgIpc) is 3.90. The van der Waals surface area contributed by atoms with Crippen LogP contribution in [0.5, 0.6) is 11.5 Å². The fourth-order valence-electron chi connectivity index (χ4n) is 8.02. The molecular weight excluding hydrogens is 912 g/mol. The van der Waals surface area contributed by atoms with Crippen LogP contribution in [0.1, 0.15) is 80.9 Å². The summed E-state index contributed by atoms with van der Waals surface area (Å²) < 4.78 is 79.1. The Bertz CT molecular complexity index is 3130. The van der Waals surface area contributed by atoms with Gasteiger partial charge in [-0.15, -0.1) is 5.10 Å². The molecule has 0 spiro atoms. The number of unbranched alkanes of at least 4 members (excludes halogenated alkanes) is 1. The zero-order valence-corrected chi connectivity index (χ0v) is 36.6. The summed E-state index contributed by atoms with van der Waals surface area (Å²) in [5.74, 6) is -4.93. The Kier molecular flexibility index (Phi) is 12.5. The normalized spacial score (nSPS) is 15.8. The number of para-hydroxylation sites is 1. The number of imide groups is 1. The number of carbonyl (C=O) groups is 5. The maximum Gasteiger partial charge on any atom is 0.488 e. The van der Waals surface area contributed by atoms with Crippen molar-refractivity contribution >= 4 is 62.3 Å². The maximum absolute atomic E-state index is 15.6. The third kappa shape index (κ3) is 10.1. The highest BCUT2D eigenvalue weighted by Crippen LogP contribution is 2.39. The van der Waals surface area contributed by atoms with Crippen LogP contribution < -0.4 is 30.2 Å². The van der Waals surface area contributed by atoms with E-state index in [1.54, 1.807) is 6.20 Å². The summed E-state index contributed by atoms with van der Waals surface area (Å²) in [5, 5.41) is 19.7. The van der Waals surface area contributed by atoms with Gasteiger partial charge >= 0.3 is 10.5 Å². The molecule has 2 aliphatic heterocycles. The fraction of sp³-hybridized carbons (Fsp3) is 0.261.